The van der Waals surface area contributed by atoms with Gasteiger partial charge in [0.05, 0.1) is 10.0 Å². The second kappa shape index (κ2) is 5.56. The molecule has 104 valence electrons. The van der Waals surface area contributed by atoms with E-state index in [1.165, 1.54) is 24.3 Å². The van der Waals surface area contributed by atoms with Crippen molar-refractivity contribution >= 4 is 41.2 Å². The maximum absolute atomic E-state index is 12.0. The number of hydrogen-bond acceptors (Lipinski definition) is 3. The van der Waals surface area contributed by atoms with Crippen molar-refractivity contribution < 1.29 is 14.7 Å². The number of hydrogen-bond donors (Lipinski definition) is 2. The number of nitrogens with one attached hydrogen (secondary N) is 1. The molecule has 1 aromatic carbocycles. The standard InChI is InChI=1S/C13H10Cl2N2O3/c1-2-3-17-12(19)10(16-13(17)20)6-7-4-8(14)11(18)9(15)5-7/h2,4-6,18H,1,3H2,(H,16,20)/b10-6-. The summed E-state index contributed by atoms with van der Waals surface area (Å²) >= 11 is 11.6. The Kier molecular flexibility index (Phi) is 4.01. The molecule has 1 fully saturated rings. The molecule has 0 spiro atoms. The third-order valence-electron chi connectivity index (χ3n) is 2.62. The minimum Gasteiger partial charge on any atom is -0.505 e. The molecule has 0 saturated carbocycles. The summed E-state index contributed by atoms with van der Waals surface area (Å²) in [6, 6.07) is 2.36. The number of phenolic OH excluding ortho intramolecular Hbond substituents is 1. The molecule has 1 aromatic rings. The summed E-state index contributed by atoms with van der Waals surface area (Å²) in [7, 11) is 0. The van der Waals surface area contributed by atoms with E-state index < -0.39 is 11.9 Å². The number of imide groups is 1. The molecular weight excluding hydrogens is 303 g/mol. The molecule has 0 unspecified atom stereocenters. The van der Waals surface area contributed by atoms with Crippen LogP contribution < -0.4 is 5.32 Å². The molecule has 0 aliphatic carbocycles. The van der Waals surface area contributed by atoms with Crippen LogP contribution in [0.5, 0.6) is 5.75 Å². The Labute approximate surface area is 125 Å². The molecule has 2 N–H and O–H groups in total. The number of nitrogens with zero attached hydrogens (tertiary/aromatic N) is 1. The highest BCUT2D eigenvalue weighted by Gasteiger charge is 2.32. The fourth-order valence-corrected chi connectivity index (χ4v) is 2.21. The molecule has 3 amide bonds. The Hall–Kier alpha value is -1.98. The van der Waals surface area contributed by atoms with Gasteiger partial charge in [0, 0.05) is 6.54 Å². The van der Waals surface area contributed by atoms with E-state index in [-0.39, 0.29) is 28.0 Å². The van der Waals surface area contributed by atoms with Gasteiger partial charge in [-0.05, 0) is 23.8 Å². The van der Waals surface area contributed by atoms with Gasteiger partial charge in [0.1, 0.15) is 5.70 Å². The number of phenols is 1. The van der Waals surface area contributed by atoms with Crippen LogP contribution in [-0.4, -0.2) is 28.5 Å². The van der Waals surface area contributed by atoms with Crippen molar-refractivity contribution in [2.45, 2.75) is 0 Å². The first kappa shape index (κ1) is 14.4. The van der Waals surface area contributed by atoms with Crippen LogP contribution >= 0.6 is 23.2 Å². The first-order valence-corrected chi connectivity index (χ1v) is 6.33. The summed E-state index contributed by atoms with van der Waals surface area (Å²) in [5.74, 6) is -0.694. The van der Waals surface area contributed by atoms with Crippen LogP contribution in [0.2, 0.25) is 10.0 Å². The number of amides is 3. The molecule has 2 rings (SSSR count). The van der Waals surface area contributed by atoms with Gasteiger partial charge in [-0.25, -0.2) is 4.79 Å². The second-order valence-corrected chi connectivity index (χ2v) is 4.84. The zero-order chi connectivity index (χ0) is 14.9. The van der Waals surface area contributed by atoms with Gasteiger partial charge < -0.3 is 10.4 Å². The fraction of sp³-hybridized carbons (Fsp3) is 0.0769. The summed E-state index contributed by atoms with van der Waals surface area (Å²) in [5, 5.41) is 12.0. The SMILES string of the molecule is C=CCN1C(=O)N/C(=C\c2cc(Cl)c(O)c(Cl)c2)C1=O. The summed E-state index contributed by atoms with van der Waals surface area (Å²) < 4.78 is 0. The summed E-state index contributed by atoms with van der Waals surface area (Å²) in [5.41, 5.74) is 0.594. The van der Waals surface area contributed by atoms with Gasteiger partial charge in [0.2, 0.25) is 0 Å². The highest BCUT2D eigenvalue weighted by Crippen LogP contribution is 2.33. The van der Waals surface area contributed by atoms with Gasteiger partial charge >= 0.3 is 6.03 Å². The van der Waals surface area contributed by atoms with E-state index in [0.717, 1.165) is 4.90 Å². The van der Waals surface area contributed by atoms with Crippen molar-refractivity contribution in [2.24, 2.45) is 0 Å². The monoisotopic (exact) mass is 312 g/mol. The molecule has 0 aromatic heterocycles. The Morgan fingerprint density at radius 3 is 2.45 bits per heavy atom. The minimum absolute atomic E-state index is 0.0593. The molecule has 20 heavy (non-hydrogen) atoms. The molecular formula is C13H10Cl2N2O3. The lowest BCUT2D eigenvalue weighted by molar-refractivity contribution is -0.122. The summed E-state index contributed by atoms with van der Waals surface area (Å²) in [4.78, 5) is 24.6. The third kappa shape index (κ3) is 2.64. The van der Waals surface area contributed by atoms with Crippen molar-refractivity contribution in [1.82, 2.24) is 10.2 Å². The van der Waals surface area contributed by atoms with Gasteiger partial charge in [0.25, 0.3) is 5.91 Å². The van der Waals surface area contributed by atoms with Crippen molar-refractivity contribution in [2.75, 3.05) is 6.54 Å². The van der Waals surface area contributed by atoms with Crippen LogP contribution in [0.15, 0.2) is 30.5 Å². The first-order valence-electron chi connectivity index (χ1n) is 5.57. The minimum atomic E-state index is -0.517. The average molecular weight is 313 g/mol. The van der Waals surface area contributed by atoms with Gasteiger partial charge in [-0.2, -0.15) is 0 Å². The number of aromatic hydroxyl groups is 1. The summed E-state index contributed by atoms with van der Waals surface area (Å²) in [6.45, 7) is 3.60. The van der Waals surface area contributed by atoms with E-state index >= 15 is 0 Å². The molecule has 0 atom stereocenters. The topological polar surface area (TPSA) is 69.6 Å². The Bertz CT molecular complexity index is 617. The molecule has 7 heteroatoms. The lowest BCUT2D eigenvalue weighted by Gasteiger charge is -2.07. The average Bonchev–Trinajstić information content (AvgIpc) is 2.64. The smallest absolute Gasteiger partial charge is 0.329 e. The van der Waals surface area contributed by atoms with Crippen LogP contribution in [0, 0.1) is 0 Å². The van der Waals surface area contributed by atoms with Gasteiger partial charge in [-0.15, -0.1) is 6.58 Å². The number of carbonyl (C=O) groups is 2. The van der Waals surface area contributed by atoms with E-state index in [4.69, 9.17) is 23.2 Å². The molecule has 1 aliphatic rings. The quantitative estimate of drug-likeness (QED) is 0.512. The van der Waals surface area contributed by atoms with Crippen LogP contribution in [0.4, 0.5) is 4.79 Å². The zero-order valence-corrected chi connectivity index (χ0v) is 11.7. The van der Waals surface area contributed by atoms with Gasteiger partial charge in [-0.1, -0.05) is 29.3 Å². The maximum atomic E-state index is 12.0. The predicted octanol–water partition coefficient (Wildman–Crippen LogP) is 2.78. The Morgan fingerprint density at radius 2 is 1.90 bits per heavy atom. The van der Waals surface area contributed by atoms with E-state index in [1.54, 1.807) is 0 Å². The van der Waals surface area contributed by atoms with Crippen molar-refractivity contribution in [1.29, 1.82) is 0 Å². The van der Waals surface area contributed by atoms with Crippen LogP contribution in [-0.2, 0) is 4.79 Å². The molecule has 5 nitrogen and oxygen atoms in total. The molecule has 1 aliphatic heterocycles. The highest BCUT2D eigenvalue weighted by molar-refractivity contribution is 6.37. The number of benzene rings is 1. The highest BCUT2D eigenvalue weighted by atomic mass is 35.5. The van der Waals surface area contributed by atoms with E-state index in [1.807, 2.05) is 0 Å². The molecule has 1 saturated heterocycles. The van der Waals surface area contributed by atoms with Crippen LogP contribution in [0.1, 0.15) is 5.56 Å². The van der Waals surface area contributed by atoms with Crippen molar-refractivity contribution in [3.63, 3.8) is 0 Å². The molecule has 1 heterocycles. The van der Waals surface area contributed by atoms with Gasteiger partial charge in [-0.3, -0.25) is 9.69 Å². The van der Waals surface area contributed by atoms with Crippen LogP contribution in [0.25, 0.3) is 6.08 Å². The second-order valence-electron chi connectivity index (χ2n) is 4.03. The van der Waals surface area contributed by atoms with E-state index in [0.29, 0.717) is 5.56 Å². The lowest BCUT2D eigenvalue weighted by Crippen LogP contribution is -2.30. The number of halogens is 2. The Morgan fingerprint density at radius 1 is 1.30 bits per heavy atom. The summed E-state index contributed by atoms with van der Waals surface area (Å²) in [6.07, 6.45) is 2.88. The van der Waals surface area contributed by atoms with E-state index in [9.17, 15) is 14.7 Å². The largest absolute Gasteiger partial charge is 0.505 e. The third-order valence-corrected chi connectivity index (χ3v) is 3.20. The number of rotatable bonds is 3. The zero-order valence-electron chi connectivity index (χ0n) is 10.2. The lowest BCUT2D eigenvalue weighted by atomic mass is 10.2. The predicted molar refractivity (Wildman–Crippen MR) is 76.5 cm³/mol. The maximum Gasteiger partial charge on any atom is 0.329 e. The fourth-order valence-electron chi connectivity index (χ4n) is 1.70. The van der Waals surface area contributed by atoms with Crippen molar-refractivity contribution in [3.05, 3.63) is 46.1 Å². The number of urea groups is 1. The van der Waals surface area contributed by atoms with Crippen LogP contribution in [0.3, 0.4) is 0 Å². The molecule has 0 bridgehead atoms. The molecule has 0 radical (unpaired) electrons. The number of carbonyl (C=O) groups excluding carboxylic acids is 2. The van der Waals surface area contributed by atoms with Gasteiger partial charge in [0.15, 0.2) is 5.75 Å². The Balaban J connectivity index is 2.35. The van der Waals surface area contributed by atoms with Crippen molar-refractivity contribution in [3.8, 4) is 5.75 Å². The van der Waals surface area contributed by atoms with E-state index in [2.05, 4.69) is 11.9 Å². The normalized spacial score (nSPS) is 16.7. The first-order chi connectivity index (χ1) is 9.43.